The fourth-order valence-electron chi connectivity index (χ4n) is 2.98. The lowest BCUT2D eigenvalue weighted by Crippen LogP contribution is -2.38. The monoisotopic (exact) mass is 290 g/mol. The SMILES string of the molecule is S=C1Nc2ccccc2C(c2cccc3ccccc23)N1. The molecular weight excluding hydrogens is 276 g/mol. The zero-order chi connectivity index (χ0) is 14.2. The van der Waals surface area contributed by atoms with Crippen LogP contribution < -0.4 is 10.6 Å². The molecule has 1 atom stereocenters. The van der Waals surface area contributed by atoms with Crippen molar-refractivity contribution >= 4 is 33.8 Å². The van der Waals surface area contributed by atoms with Crippen LogP contribution in [-0.4, -0.2) is 5.11 Å². The van der Waals surface area contributed by atoms with Gasteiger partial charge in [-0.25, -0.2) is 0 Å². The van der Waals surface area contributed by atoms with E-state index in [0.29, 0.717) is 5.11 Å². The largest absolute Gasteiger partial charge is 0.351 e. The molecule has 0 amide bonds. The number of nitrogens with one attached hydrogen (secondary N) is 2. The van der Waals surface area contributed by atoms with Crippen molar-refractivity contribution in [3.05, 3.63) is 77.9 Å². The lowest BCUT2D eigenvalue weighted by atomic mass is 9.92. The summed E-state index contributed by atoms with van der Waals surface area (Å²) in [5.41, 5.74) is 3.56. The van der Waals surface area contributed by atoms with Crippen molar-refractivity contribution in [1.82, 2.24) is 5.32 Å². The van der Waals surface area contributed by atoms with Gasteiger partial charge in [0.1, 0.15) is 0 Å². The summed E-state index contributed by atoms with van der Waals surface area (Å²) in [4.78, 5) is 0. The number of benzene rings is 3. The molecule has 4 rings (SSSR count). The Bertz CT molecular complexity index is 836. The molecule has 21 heavy (non-hydrogen) atoms. The maximum absolute atomic E-state index is 5.36. The van der Waals surface area contributed by atoms with Crippen LogP contribution in [0.25, 0.3) is 10.8 Å². The summed E-state index contributed by atoms with van der Waals surface area (Å²) in [6.07, 6.45) is 0. The van der Waals surface area contributed by atoms with E-state index in [0.717, 1.165) is 5.69 Å². The highest BCUT2D eigenvalue weighted by atomic mass is 32.1. The van der Waals surface area contributed by atoms with Crippen LogP contribution in [-0.2, 0) is 0 Å². The van der Waals surface area contributed by atoms with E-state index in [1.807, 2.05) is 6.07 Å². The maximum atomic E-state index is 5.36. The summed E-state index contributed by atoms with van der Waals surface area (Å²) in [5.74, 6) is 0. The van der Waals surface area contributed by atoms with E-state index in [9.17, 15) is 0 Å². The number of hydrogen-bond donors (Lipinski definition) is 2. The molecular formula is C18H14N2S. The zero-order valence-electron chi connectivity index (χ0n) is 11.3. The molecule has 3 aromatic rings. The molecule has 0 aromatic heterocycles. The summed E-state index contributed by atoms with van der Waals surface area (Å²) in [5, 5.41) is 9.81. The first-order valence-electron chi connectivity index (χ1n) is 6.97. The number of hydrogen-bond acceptors (Lipinski definition) is 1. The Balaban J connectivity index is 1.95. The van der Waals surface area contributed by atoms with Gasteiger partial charge in [-0.05, 0) is 34.6 Å². The first-order chi connectivity index (χ1) is 10.3. The van der Waals surface area contributed by atoms with Crippen LogP contribution in [0.4, 0.5) is 5.69 Å². The Morgan fingerprint density at radius 2 is 1.48 bits per heavy atom. The van der Waals surface area contributed by atoms with Crippen LogP contribution in [0.15, 0.2) is 66.7 Å². The second-order valence-corrected chi connectivity index (χ2v) is 5.60. The number of thiocarbonyl (C=S) groups is 1. The Hall–Kier alpha value is -2.39. The predicted molar refractivity (Wildman–Crippen MR) is 91.6 cm³/mol. The van der Waals surface area contributed by atoms with E-state index >= 15 is 0 Å². The van der Waals surface area contributed by atoms with Crippen molar-refractivity contribution in [2.75, 3.05) is 5.32 Å². The van der Waals surface area contributed by atoms with Gasteiger partial charge in [-0.3, -0.25) is 0 Å². The third kappa shape index (κ3) is 2.06. The fraction of sp³-hybridized carbons (Fsp3) is 0.0556. The van der Waals surface area contributed by atoms with Crippen LogP contribution in [0.5, 0.6) is 0 Å². The minimum absolute atomic E-state index is 0.0843. The van der Waals surface area contributed by atoms with Gasteiger partial charge in [0.15, 0.2) is 5.11 Å². The van der Waals surface area contributed by atoms with Crippen molar-refractivity contribution in [3.63, 3.8) is 0 Å². The molecule has 2 N–H and O–H groups in total. The average molecular weight is 290 g/mol. The molecule has 0 spiro atoms. The summed E-state index contributed by atoms with van der Waals surface area (Å²) < 4.78 is 0. The zero-order valence-corrected chi connectivity index (χ0v) is 12.2. The summed E-state index contributed by atoms with van der Waals surface area (Å²) in [6, 6.07) is 23.3. The smallest absolute Gasteiger partial charge is 0.171 e. The molecule has 0 fully saturated rings. The Morgan fingerprint density at radius 1 is 0.762 bits per heavy atom. The van der Waals surface area contributed by atoms with Crippen LogP contribution in [0.2, 0.25) is 0 Å². The second kappa shape index (κ2) is 4.86. The number of rotatable bonds is 1. The highest BCUT2D eigenvalue weighted by Gasteiger charge is 2.24. The van der Waals surface area contributed by atoms with Gasteiger partial charge >= 0.3 is 0 Å². The molecule has 1 unspecified atom stereocenters. The van der Waals surface area contributed by atoms with E-state index < -0.39 is 0 Å². The van der Waals surface area contributed by atoms with Crippen molar-refractivity contribution in [1.29, 1.82) is 0 Å². The highest BCUT2D eigenvalue weighted by molar-refractivity contribution is 7.80. The standard InChI is InChI=1S/C18H14N2S/c21-18-19-16-11-4-3-9-15(16)17(20-18)14-10-5-7-12-6-1-2-8-13(12)14/h1-11,17H,(H2,19,20,21). The van der Waals surface area contributed by atoms with Gasteiger partial charge in [0.05, 0.1) is 6.04 Å². The van der Waals surface area contributed by atoms with E-state index in [4.69, 9.17) is 12.2 Å². The second-order valence-electron chi connectivity index (χ2n) is 5.19. The maximum Gasteiger partial charge on any atom is 0.171 e. The third-order valence-corrected chi connectivity index (χ3v) is 4.15. The number of anilines is 1. The van der Waals surface area contributed by atoms with Crippen molar-refractivity contribution in [2.24, 2.45) is 0 Å². The lowest BCUT2D eigenvalue weighted by Gasteiger charge is -2.30. The van der Waals surface area contributed by atoms with Gasteiger partial charge < -0.3 is 10.6 Å². The summed E-state index contributed by atoms with van der Waals surface area (Å²) in [6.45, 7) is 0. The topological polar surface area (TPSA) is 24.1 Å². The molecule has 2 nitrogen and oxygen atoms in total. The molecule has 3 aromatic carbocycles. The Kier molecular flexibility index (Phi) is 2.86. The molecule has 1 aliphatic rings. The van der Waals surface area contributed by atoms with Crippen molar-refractivity contribution < 1.29 is 0 Å². The molecule has 102 valence electrons. The number of fused-ring (bicyclic) bond motifs is 2. The minimum atomic E-state index is 0.0843. The lowest BCUT2D eigenvalue weighted by molar-refractivity contribution is 0.764. The van der Waals surface area contributed by atoms with Crippen LogP contribution in [0, 0.1) is 0 Å². The molecule has 1 aliphatic heterocycles. The summed E-state index contributed by atoms with van der Waals surface area (Å²) >= 11 is 5.36. The van der Waals surface area contributed by atoms with Gasteiger partial charge in [0.25, 0.3) is 0 Å². The molecule has 3 heteroatoms. The Labute approximate surface area is 128 Å². The molecule has 0 radical (unpaired) electrons. The molecule has 0 aliphatic carbocycles. The first kappa shape index (κ1) is 12.4. The Morgan fingerprint density at radius 3 is 2.43 bits per heavy atom. The third-order valence-electron chi connectivity index (χ3n) is 3.93. The molecule has 0 saturated heterocycles. The molecule has 1 heterocycles. The quantitative estimate of drug-likeness (QED) is 0.656. The number of para-hydroxylation sites is 1. The van der Waals surface area contributed by atoms with E-state index in [1.54, 1.807) is 0 Å². The predicted octanol–water partition coefficient (Wildman–Crippen LogP) is 4.23. The average Bonchev–Trinajstić information content (AvgIpc) is 2.53. The summed E-state index contributed by atoms with van der Waals surface area (Å²) in [7, 11) is 0. The van der Waals surface area contributed by atoms with E-state index in [2.05, 4.69) is 71.3 Å². The minimum Gasteiger partial charge on any atom is -0.351 e. The normalized spacial score (nSPS) is 17.0. The molecule has 0 bridgehead atoms. The van der Waals surface area contributed by atoms with Gasteiger partial charge in [0.2, 0.25) is 0 Å². The van der Waals surface area contributed by atoms with E-state index in [-0.39, 0.29) is 6.04 Å². The molecule has 0 saturated carbocycles. The van der Waals surface area contributed by atoms with Crippen LogP contribution >= 0.6 is 12.2 Å². The van der Waals surface area contributed by atoms with Gasteiger partial charge in [-0.2, -0.15) is 0 Å². The fourth-order valence-corrected chi connectivity index (χ4v) is 3.21. The van der Waals surface area contributed by atoms with Crippen LogP contribution in [0.1, 0.15) is 17.2 Å². The van der Waals surface area contributed by atoms with E-state index in [1.165, 1.54) is 21.9 Å². The van der Waals surface area contributed by atoms with Gasteiger partial charge in [-0.1, -0.05) is 60.7 Å². The highest BCUT2D eigenvalue weighted by Crippen LogP contribution is 2.34. The van der Waals surface area contributed by atoms with Crippen molar-refractivity contribution in [3.8, 4) is 0 Å². The van der Waals surface area contributed by atoms with Crippen LogP contribution in [0.3, 0.4) is 0 Å². The van der Waals surface area contributed by atoms with Gasteiger partial charge in [-0.15, -0.1) is 0 Å². The van der Waals surface area contributed by atoms with Gasteiger partial charge in [0, 0.05) is 11.3 Å². The first-order valence-corrected chi connectivity index (χ1v) is 7.38. The van der Waals surface area contributed by atoms with Crippen molar-refractivity contribution in [2.45, 2.75) is 6.04 Å².